The van der Waals surface area contributed by atoms with Crippen LogP contribution < -0.4 is 16.4 Å². The maximum absolute atomic E-state index is 12.7. The van der Waals surface area contributed by atoms with Crippen molar-refractivity contribution < 1.29 is 27.9 Å². The van der Waals surface area contributed by atoms with Crippen molar-refractivity contribution in [1.29, 1.82) is 5.26 Å². The first-order chi connectivity index (χ1) is 16.1. The third-order valence-corrected chi connectivity index (χ3v) is 6.57. The van der Waals surface area contributed by atoms with Crippen molar-refractivity contribution in [2.45, 2.75) is 43.9 Å². The van der Waals surface area contributed by atoms with Crippen LogP contribution in [0.5, 0.6) is 0 Å². The van der Waals surface area contributed by atoms with Crippen LogP contribution in [-0.2, 0) is 4.79 Å². The number of aromatic nitrogens is 2. The van der Waals surface area contributed by atoms with Crippen molar-refractivity contribution in [3.8, 4) is 6.07 Å². The number of anilines is 2. The number of nitrogens with zero attached hydrogens (tertiary/aromatic N) is 3. The Kier molecular flexibility index (Phi) is 8.02. The second-order valence-electron chi connectivity index (χ2n) is 7.33. The van der Waals surface area contributed by atoms with Crippen LogP contribution in [0.1, 0.15) is 41.6 Å². The maximum atomic E-state index is 12.7. The Morgan fingerprint density at radius 3 is 2.59 bits per heavy atom. The number of halogens is 3. The van der Waals surface area contributed by atoms with Crippen LogP contribution in [0.2, 0.25) is 0 Å². The molecule has 0 saturated heterocycles. The molecule has 1 amide bonds. The lowest BCUT2D eigenvalue weighted by atomic mass is 9.91. The number of hydrogen-bond acceptors (Lipinski definition) is 9. The molecule has 5 N–H and O–H groups in total. The van der Waals surface area contributed by atoms with Crippen molar-refractivity contribution in [1.82, 2.24) is 9.97 Å². The number of carbonyl (C=O) groups excluding carboxylic acids is 1. The molecule has 0 spiro atoms. The molecule has 1 aliphatic rings. The van der Waals surface area contributed by atoms with Gasteiger partial charge in [-0.1, -0.05) is 12.8 Å². The van der Waals surface area contributed by atoms with E-state index in [-0.39, 0.29) is 18.0 Å². The summed E-state index contributed by atoms with van der Waals surface area (Å²) in [7, 11) is 0. The molecule has 4 rings (SSSR count). The van der Waals surface area contributed by atoms with E-state index in [4.69, 9.17) is 20.9 Å². The Hall–Kier alpha value is -3.28. The van der Waals surface area contributed by atoms with E-state index in [2.05, 4.69) is 26.7 Å². The summed E-state index contributed by atoms with van der Waals surface area (Å²) in [6.07, 6.45) is 0.921. The summed E-state index contributed by atoms with van der Waals surface area (Å²) in [4.78, 5) is 31.3. The van der Waals surface area contributed by atoms with E-state index in [1.807, 2.05) is 0 Å². The van der Waals surface area contributed by atoms with E-state index in [1.165, 1.54) is 22.7 Å². The fraction of sp³-hybridized carbons (Fsp3) is 0.350. The van der Waals surface area contributed by atoms with Crippen LogP contribution >= 0.6 is 22.7 Å². The quantitative estimate of drug-likeness (QED) is 0.406. The average Bonchev–Trinajstić information content (AvgIpc) is 3.41. The van der Waals surface area contributed by atoms with Gasteiger partial charge in [0.1, 0.15) is 22.2 Å². The van der Waals surface area contributed by atoms with Gasteiger partial charge in [-0.15, -0.1) is 22.7 Å². The summed E-state index contributed by atoms with van der Waals surface area (Å²) in [5.74, 6) is -2.42. The van der Waals surface area contributed by atoms with Crippen molar-refractivity contribution in [3.05, 3.63) is 33.5 Å². The number of rotatable bonds is 4. The van der Waals surface area contributed by atoms with Gasteiger partial charge in [0.15, 0.2) is 0 Å². The highest BCUT2D eigenvalue weighted by molar-refractivity contribution is 7.17. The molecule has 0 bridgehead atoms. The molecular formula is C20H19F3N6O3S2. The summed E-state index contributed by atoms with van der Waals surface area (Å²) in [5.41, 5.74) is 8.18. The van der Waals surface area contributed by atoms with Gasteiger partial charge < -0.3 is 21.5 Å². The zero-order chi connectivity index (χ0) is 24.9. The number of nitrogens with two attached hydrogens (primary N) is 1. The number of alkyl halides is 3. The highest BCUT2D eigenvalue weighted by atomic mass is 32.1. The normalized spacial score (nSPS) is 17.9. The van der Waals surface area contributed by atoms with Gasteiger partial charge in [0.2, 0.25) is 0 Å². The van der Waals surface area contributed by atoms with Gasteiger partial charge >= 0.3 is 12.1 Å². The number of carboxylic acids is 1. The molecule has 1 fully saturated rings. The second-order valence-corrected chi connectivity index (χ2v) is 8.93. The molecule has 1 aliphatic carbocycles. The van der Waals surface area contributed by atoms with Crippen molar-refractivity contribution in [3.63, 3.8) is 0 Å². The lowest BCUT2D eigenvalue weighted by Gasteiger charge is -2.29. The maximum Gasteiger partial charge on any atom is 0.490 e. The third-order valence-electron chi connectivity index (χ3n) is 4.95. The topological polar surface area (TPSA) is 154 Å². The number of fused-ring (bicyclic) bond motifs is 1. The number of amides is 1. The minimum atomic E-state index is -5.08. The van der Waals surface area contributed by atoms with Crippen molar-refractivity contribution in [2.24, 2.45) is 5.73 Å². The van der Waals surface area contributed by atoms with E-state index in [9.17, 15) is 18.0 Å². The Balaban J connectivity index is 0.000000406. The Labute approximate surface area is 199 Å². The van der Waals surface area contributed by atoms with Gasteiger partial charge in [-0.25, -0.2) is 14.8 Å². The molecule has 34 heavy (non-hydrogen) atoms. The highest BCUT2D eigenvalue weighted by Gasteiger charge is 2.38. The predicted molar refractivity (Wildman–Crippen MR) is 122 cm³/mol. The van der Waals surface area contributed by atoms with Crippen LogP contribution in [0.25, 0.3) is 10.3 Å². The third kappa shape index (κ3) is 6.19. The number of aliphatic carboxylic acids is 1. The first-order valence-corrected chi connectivity index (χ1v) is 11.8. The summed E-state index contributed by atoms with van der Waals surface area (Å²) in [6, 6.07) is 2.34. The fourth-order valence-corrected chi connectivity index (χ4v) is 4.77. The summed E-state index contributed by atoms with van der Waals surface area (Å²) >= 11 is 2.74. The molecule has 3 heterocycles. The molecule has 1 saturated carbocycles. The minimum absolute atomic E-state index is 0.101. The number of nitriles is 1. The SMILES string of the molecule is N#Cc1cscc1NC(=O)c1csc2ncc(N[C@@H]3CCCC[C@@H]3N)nc12.O=C(O)C(F)(F)F. The van der Waals surface area contributed by atoms with Crippen LogP contribution in [0.15, 0.2) is 22.3 Å². The van der Waals surface area contributed by atoms with Crippen LogP contribution in [0, 0.1) is 11.3 Å². The fourth-order valence-electron chi connectivity index (χ4n) is 3.24. The summed E-state index contributed by atoms with van der Waals surface area (Å²) in [6.45, 7) is 0. The van der Waals surface area contributed by atoms with Crippen LogP contribution in [0.3, 0.4) is 0 Å². The molecule has 3 aromatic rings. The highest BCUT2D eigenvalue weighted by Crippen LogP contribution is 2.27. The Morgan fingerprint density at radius 1 is 1.24 bits per heavy atom. The molecule has 0 unspecified atom stereocenters. The van der Waals surface area contributed by atoms with E-state index in [0.717, 1.165) is 25.7 Å². The smallest absolute Gasteiger partial charge is 0.475 e. The zero-order valence-corrected chi connectivity index (χ0v) is 19.1. The standard InChI is InChI=1S/C18H18N6OS2.C2HF3O2/c19-5-10-7-26-9-14(10)23-17(25)11-8-27-18-16(11)24-15(6-21-18)22-13-4-2-1-3-12(13)20;3-2(4,5)1(6)7/h6-9,12-13H,1-4,20H2,(H,22,24)(H,23,25);(H,6,7)/t12-,13+;/m0./s1. The lowest BCUT2D eigenvalue weighted by Crippen LogP contribution is -2.42. The van der Waals surface area contributed by atoms with Crippen LogP contribution in [-0.4, -0.2) is 45.2 Å². The zero-order valence-electron chi connectivity index (χ0n) is 17.4. The minimum Gasteiger partial charge on any atom is -0.475 e. The second kappa shape index (κ2) is 10.8. The van der Waals surface area contributed by atoms with Crippen molar-refractivity contribution in [2.75, 3.05) is 10.6 Å². The molecule has 9 nitrogen and oxygen atoms in total. The molecule has 0 radical (unpaired) electrons. The predicted octanol–water partition coefficient (Wildman–Crippen LogP) is 4.19. The number of carbonyl (C=O) groups is 2. The van der Waals surface area contributed by atoms with Crippen LogP contribution in [0.4, 0.5) is 24.7 Å². The molecule has 3 aromatic heterocycles. The molecular weight excluding hydrogens is 493 g/mol. The van der Waals surface area contributed by atoms with Gasteiger partial charge in [-0.05, 0) is 12.8 Å². The summed E-state index contributed by atoms with van der Waals surface area (Å²) in [5, 5.41) is 27.6. The summed E-state index contributed by atoms with van der Waals surface area (Å²) < 4.78 is 31.7. The molecule has 0 aliphatic heterocycles. The number of nitrogens with one attached hydrogen (secondary N) is 2. The average molecular weight is 513 g/mol. The van der Waals surface area contributed by atoms with Gasteiger partial charge in [0.05, 0.1) is 23.0 Å². The molecule has 180 valence electrons. The number of hydrogen-bond donors (Lipinski definition) is 4. The van der Waals surface area contributed by atoms with Gasteiger partial charge in [0.25, 0.3) is 5.91 Å². The lowest BCUT2D eigenvalue weighted by molar-refractivity contribution is -0.192. The van der Waals surface area contributed by atoms with E-state index in [1.54, 1.807) is 22.3 Å². The van der Waals surface area contributed by atoms with E-state index >= 15 is 0 Å². The molecule has 2 atom stereocenters. The first kappa shape index (κ1) is 25.3. The molecule has 0 aromatic carbocycles. The van der Waals surface area contributed by atoms with E-state index in [0.29, 0.717) is 33.0 Å². The number of thiophene rings is 2. The monoisotopic (exact) mass is 512 g/mol. The first-order valence-electron chi connectivity index (χ1n) is 9.94. The number of carboxylic acid groups (broad SMARTS) is 1. The van der Waals surface area contributed by atoms with Crippen molar-refractivity contribution >= 4 is 56.4 Å². The molecule has 14 heteroatoms. The van der Waals surface area contributed by atoms with Gasteiger partial charge in [-0.3, -0.25) is 4.79 Å². The largest absolute Gasteiger partial charge is 0.490 e. The van der Waals surface area contributed by atoms with Gasteiger partial charge in [0, 0.05) is 28.2 Å². The van der Waals surface area contributed by atoms with E-state index < -0.39 is 12.1 Å². The Morgan fingerprint density at radius 2 is 1.94 bits per heavy atom. The van der Waals surface area contributed by atoms with Gasteiger partial charge in [-0.2, -0.15) is 18.4 Å². The Bertz CT molecular complexity index is 1220.